The van der Waals surface area contributed by atoms with Gasteiger partial charge in [0.25, 0.3) is 5.89 Å². The van der Waals surface area contributed by atoms with Crippen LogP contribution in [-0.4, -0.2) is 61.5 Å². The maximum absolute atomic E-state index is 12.2. The number of aryl methyl sites for hydroxylation is 1. The predicted molar refractivity (Wildman–Crippen MR) is 118 cm³/mol. The second kappa shape index (κ2) is 9.23. The highest BCUT2D eigenvalue weighted by Crippen LogP contribution is 2.34. The molecule has 2 aliphatic heterocycles. The van der Waals surface area contributed by atoms with Crippen LogP contribution in [0.4, 0.5) is 5.69 Å². The Morgan fingerprint density at radius 2 is 2.12 bits per heavy atom. The van der Waals surface area contributed by atoms with Gasteiger partial charge in [0.1, 0.15) is 0 Å². The molecule has 3 aromatic rings. The molecule has 0 aromatic carbocycles. The number of hydrogen-bond acceptors (Lipinski definition) is 8. The molecule has 1 unspecified atom stereocenters. The second-order valence-electron chi connectivity index (χ2n) is 8.42. The zero-order chi connectivity index (χ0) is 21.9. The Labute approximate surface area is 186 Å². The molecule has 0 radical (unpaired) electrons. The number of hydrogen-bond donors (Lipinski definition) is 1. The first-order valence-electron chi connectivity index (χ1n) is 11.5. The lowest BCUT2D eigenvalue weighted by molar-refractivity contribution is -0.134. The highest BCUT2D eigenvalue weighted by molar-refractivity contribution is 5.96. The van der Waals surface area contributed by atoms with Crippen molar-refractivity contribution in [2.24, 2.45) is 0 Å². The van der Waals surface area contributed by atoms with Gasteiger partial charge in [0.05, 0.1) is 29.4 Å². The Morgan fingerprint density at radius 3 is 3.00 bits per heavy atom. The number of likely N-dealkylation sites (tertiary alicyclic amines) is 1. The number of anilines is 1. The van der Waals surface area contributed by atoms with Crippen LogP contribution in [0.2, 0.25) is 0 Å². The molecule has 2 fully saturated rings. The van der Waals surface area contributed by atoms with E-state index in [1.807, 2.05) is 17.8 Å². The molecular formula is C22H29N7O3. The van der Waals surface area contributed by atoms with Gasteiger partial charge in [-0.25, -0.2) is 9.67 Å². The molecule has 1 N–H and O–H groups in total. The number of pyridine rings is 1. The Kier molecular flexibility index (Phi) is 6.02. The summed E-state index contributed by atoms with van der Waals surface area (Å²) in [4.78, 5) is 23.2. The average Bonchev–Trinajstić information content (AvgIpc) is 3.36. The zero-order valence-corrected chi connectivity index (χ0v) is 18.4. The molecule has 2 saturated heterocycles. The lowest BCUT2D eigenvalue weighted by atomic mass is 10.1. The highest BCUT2D eigenvalue weighted by Gasteiger charge is 2.24. The van der Waals surface area contributed by atoms with Gasteiger partial charge in [-0.2, -0.15) is 10.1 Å². The minimum atomic E-state index is 0.149. The quantitative estimate of drug-likeness (QED) is 0.624. The third-order valence-corrected chi connectivity index (χ3v) is 6.22. The van der Waals surface area contributed by atoms with Crippen molar-refractivity contribution in [3.8, 4) is 11.5 Å². The maximum atomic E-state index is 12.2. The Morgan fingerprint density at radius 1 is 1.19 bits per heavy atom. The fourth-order valence-corrected chi connectivity index (χ4v) is 4.46. The van der Waals surface area contributed by atoms with Crippen LogP contribution in [0.1, 0.15) is 51.3 Å². The first-order valence-corrected chi connectivity index (χ1v) is 11.5. The van der Waals surface area contributed by atoms with Crippen LogP contribution in [-0.2, 0) is 22.6 Å². The average molecular weight is 440 g/mol. The third-order valence-electron chi connectivity index (χ3n) is 6.22. The topological polar surface area (TPSA) is 111 Å². The van der Waals surface area contributed by atoms with E-state index in [1.165, 1.54) is 0 Å². The number of amides is 1. The Bertz CT molecular complexity index is 1080. The standard InChI is InChI=1S/C22H29N7O3/c1-2-29-21-16(13-24-29)20(25-15-6-5-10-31-11-8-15)17(12-23-21)22-26-18(27-32-22)14-28-9-4-3-7-19(28)30/h12-13,15H,2-11,14H2,1H3,(H,23,25). The Balaban J connectivity index is 1.47. The molecule has 0 bridgehead atoms. The molecule has 32 heavy (non-hydrogen) atoms. The number of piperidine rings is 1. The number of nitrogens with zero attached hydrogens (tertiary/aromatic N) is 6. The Hall–Kier alpha value is -3.01. The molecule has 3 aromatic heterocycles. The first kappa shape index (κ1) is 20.9. The monoisotopic (exact) mass is 439 g/mol. The van der Waals surface area contributed by atoms with E-state index in [0.29, 0.717) is 24.7 Å². The largest absolute Gasteiger partial charge is 0.381 e. The van der Waals surface area contributed by atoms with Gasteiger partial charge in [0, 0.05) is 45.0 Å². The van der Waals surface area contributed by atoms with Crippen molar-refractivity contribution in [2.45, 2.75) is 64.6 Å². The van der Waals surface area contributed by atoms with Crippen LogP contribution in [0.5, 0.6) is 0 Å². The van der Waals surface area contributed by atoms with Gasteiger partial charge in [-0.15, -0.1) is 0 Å². The highest BCUT2D eigenvalue weighted by atomic mass is 16.5. The third kappa shape index (κ3) is 4.19. The summed E-state index contributed by atoms with van der Waals surface area (Å²) < 4.78 is 13.1. The summed E-state index contributed by atoms with van der Waals surface area (Å²) in [6.07, 6.45) is 9.14. The van der Waals surface area contributed by atoms with Crippen molar-refractivity contribution in [3.05, 3.63) is 18.2 Å². The van der Waals surface area contributed by atoms with Crippen molar-refractivity contribution in [2.75, 3.05) is 25.1 Å². The van der Waals surface area contributed by atoms with Gasteiger partial charge in [0.2, 0.25) is 5.91 Å². The second-order valence-corrected chi connectivity index (χ2v) is 8.42. The number of carbonyl (C=O) groups excluding carboxylic acids is 1. The molecule has 2 aliphatic rings. The molecule has 170 valence electrons. The van der Waals surface area contributed by atoms with Crippen molar-refractivity contribution in [3.63, 3.8) is 0 Å². The lowest BCUT2D eigenvalue weighted by Gasteiger charge is -2.25. The van der Waals surface area contributed by atoms with Gasteiger partial charge in [-0.05, 0) is 39.0 Å². The molecule has 1 amide bonds. The van der Waals surface area contributed by atoms with E-state index in [9.17, 15) is 4.79 Å². The van der Waals surface area contributed by atoms with E-state index < -0.39 is 0 Å². The van der Waals surface area contributed by atoms with Gasteiger partial charge in [-0.3, -0.25) is 4.79 Å². The summed E-state index contributed by atoms with van der Waals surface area (Å²) in [6.45, 7) is 5.43. The summed E-state index contributed by atoms with van der Waals surface area (Å²) in [5.41, 5.74) is 2.48. The van der Waals surface area contributed by atoms with Crippen LogP contribution in [0, 0.1) is 0 Å². The van der Waals surface area contributed by atoms with Crippen LogP contribution >= 0.6 is 0 Å². The number of ether oxygens (including phenoxy) is 1. The van der Waals surface area contributed by atoms with Crippen LogP contribution < -0.4 is 5.32 Å². The normalized spacial score (nSPS) is 20.0. The fourth-order valence-electron chi connectivity index (χ4n) is 4.46. The van der Waals surface area contributed by atoms with Gasteiger partial charge in [0.15, 0.2) is 11.5 Å². The summed E-state index contributed by atoms with van der Waals surface area (Å²) in [5.74, 6) is 1.06. The van der Waals surface area contributed by atoms with Crippen molar-refractivity contribution < 1.29 is 14.1 Å². The predicted octanol–water partition coefficient (Wildman–Crippen LogP) is 2.99. The summed E-state index contributed by atoms with van der Waals surface area (Å²) in [5, 5.41) is 13.3. The van der Waals surface area contributed by atoms with Crippen LogP contribution in [0.3, 0.4) is 0 Å². The van der Waals surface area contributed by atoms with E-state index in [2.05, 4.69) is 25.5 Å². The number of rotatable bonds is 6. The fraction of sp³-hybridized carbons (Fsp3) is 0.591. The molecule has 0 spiro atoms. The molecule has 10 nitrogen and oxygen atoms in total. The zero-order valence-electron chi connectivity index (χ0n) is 18.4. The molecule has 5 rings (SSSR count). The minimum Gasteiger partial charge on any atom is -0.381 e. The van der Waals surface area contributed by atoms with Crippen molar-refractivity contribution in [1.82, 2.24) is 29.8 Å². The van der Waals surface area contributed by atoms with Crippen molar-refractivity contribution >= 4 is 22.6 Å². The summed E-state index contributed by atoms with van der Waals surface area (Å²) in [6, 6.07) is 0.278. The number of carbonyl (C=O) groups is 1. The summed E-state index contributed by atoms with van der Waals surface area (Å²) in [7, 11) is 0. The number of aromatic nitrogens is 5. The van der Waals surface area contributed by atoms with E-state index in [1.54, 1.807) is 11.1 Å². The van der Waals surface area contributed by atoms with Crippen molar-refractivity contribution in [1.29, 1.82) is 0 Å². The number of fused-ring (bicyclic) bond motifs is 1. The lowest BCUT2D eigenvalue weighted by Crippen LogP contribution is -2.34. The van der Waals surface area contributed by atoms with Crippen LogP contribution in [0.25, 0.3) is 22.5 Å². The minimum absolute atomic E-state index is 0.149. The molecular weight excluding hydrogens is 410 g/mol. The molecule has 10 heteroatoms. The smallest absolute Gasteiger partial charge is 0.261 e. The molecule has 0 saturated carbocycles. The SMILES string of the molecule is CCn1ncc2c(NC3CCCOCC3)c(-c3nc(CN4CCCCC4=O)no3)cnc21. The molecule has 5 heterocycles. The van der Waals surface area contributed by atoms with Crippen LogP contribution in [0.15, 0.2) is 16.9 Å². The van der Waals surface area contributed by atoms with Gasteiger partial charge in [-0.1, -0.05) is 5.16 Å². The van der Waals surface area contributed by atoms with E-state index in [0.717, 1.165) is 80.7 Å². The maximum Gasteiger partial charge on any atom is 0.261 e. The summed E-state index contributed by atoms with van der Waals surface area (Å²) >= 11 is 0. The molecule has 0 aliphatic carbocycles. The van der Waals surface area contributed by atoms with Gasteiger partial charge < -0.3 is 19.5 Å². The first-order chi connectivity index (χ1) is 15.7. The van der Waals surface area contributed by atoms with Gasteiger partial charge >= 0.3 is 0 Å². The van der Waals surface area contributed by atoms with E-state index in [-0.39, 0.29) is 11.9 Å². The molecule has 1 atom stereocenters. The van der Waals surface area contributed by atoms with E-state index in [4.69, 9.17) is 9.26 Å². The number of nitrogens with one attached hydrogen (secondary N) is 1. The van der Waals surface area contributed by atoms with E-state index >= 15 is 0 Å².